The Labute approximate surface area is 188 Å². The van der Waals surface area contributed by atoms with Crippen LogP contribution in [0.5, 0.6) is 0 Å². The van der Waals surface area contributed by atoms with Crippen molar-refractivity contribution in [2.24, 2.45) is 7.05 Å². The zero-order chi connectivity index (χ0) is 23.3. The first-order chi connectivity index (χ1) is 15.5. The average molecular weight is 463 g/mol. The highest BCUT2D eigenvalue weighted by Crippen LogP contribution is 2.28. The molecule has 2 aromatic heterocycles. The van der Waals surface area contributed by atoms with Crippen molar-refractivity contribution >= 4 is 34.2 Å². The van der Waals surface area contributed by atoms with Gasteiger partial charge in [0, 0.05) is 30.5 Å². The Balaban J connectivity index is 0.00000141. The van der Waals surface area contributed by atoms with Gasteiger partial charge in [0.15, 0.2) is 0 Å². The van der Waals surface area contributed by atoms with Crippen molar-refractivity contribution in [1.82, 2.24) is 14.5 Å². The van der Waals surface area contributed by atoms with Crippen LogP contribution in [0.4, 0.5) is 19.0 Å². The average Bonchev–Trinajstić information content (AvgIpc) is 2.82. The highest BCUT2D eigenvalue weighted by Gasteiger charge is 2.18. The van der Waals surface area contributed by atoms with Gasteiger partial charge < -0.3 is 5.32 Å². The fourth-order valence-corrected chi connectivity index (χ4v) is 4.35. The van der Waals surface area contributed by atoms with Gasteiger partial charge in [0.05, 0.1) is 10.9 Å². The summed E-state index contributed by atoms with van der Waals surface area (Å²) in [5.41, 5.74) is 1.36. The predicted octanol–water partition coefficient (Wildman–Crippen LogP) is 5.56. The van der Waals surface area contributed by atoms with Crippen molar-refractivity contribution in [2.45, 2.75) is 33.2 Å². The lowest BCUT2D eigenvalue weighted by atomic mass is 10.0. The number of aromatic nitrogens is 3. The molecule has 1 aliphatic heterocycles. The van der Waals surface area contributed by atoms with Gasteiger partial charge in [0.2, 0.25) is 0 Å². The Bertz CT molecular complexity index is 1190. The van der Waals surface area contributed by atoms with Crippen molar-refractivity contribution < 1.29 is 13.2 Å². The molecule has 32 heavy (non-hydrogen) atoms. The van der Waals surface area contributed by atoms with Gasteiger partial charge in [-0.25, -0.2) is 23.1 Å². The van der Waals surface area contributed by atoms with Crippen LogP contribution in [0.3, 0.4) is 0 Å². The summed E-state index contributed by atoms with van der Waals surface area (Å²) in [5, 5.41) is 3.62. The summed E-state index contributed by atoms with van der Waals surface area (Å²) in [6.07, 6.45) is 1.28. The van der Waals surface area contributed by atoms with Crippen LogP contribution in [0.15, 0.2) is 41.5 Å². The van der Waals surface area contributed by atoms with E-state index >= 15 is 0 Å². The van der Waals surface area contributed by atoms with Crippen LogP contribution in [0.2, 0.25) is 0 Å². The lowest BCUT2D eigenvalue weighted by molar-refractivity contribution is 0.146. The number of allylic oxidation sites excluding steroid dienone is 1. The van der Waals surface area contributed by atoms with Gasteiger partial charge in [0.25, 0.3) is 12.0 Å². The number of rotatable bonds is 5. The third-order valence-electron chi connectivity index (χ3n) is 5.10. The van der Waals surface area contributed by atoms with Crippen LogP contribution in [0.1, 0.15) is 43.4 Å². The summed E-state index contributed by atoms with van der Waals surface area (Å²) in [4.78, 5) is 21.3. The fourth-order valence-electron chi connectivity index (χ4n) is 3.50. The van der Waals surface area contributed by atoms with Crippen LogP contribution in [-0.4, -0.2) is 26.0 Å². The largest absolute Gasteiger partial charge is 0.365 e. The van der Waals surface area contributed by atoms with Crippen LogP contribution >= 0.6 is 11.8 Å². The molecule has 0 atom stereocenters. The van der Waals surface area contributed by atoms with E-state index in [0.29, 0.717) is 22.4 Å². The standard InChI is InChI=1S/C21H19F3N4OS.C2H6/c1-28-20-16(9-15(21(28)29)12-5-7-30-8-6-12)19(26-11-27-20)25-10-13-3-2-4-14(17(13)22)18(23)24;1-2/h2-5,9,11,18H,6-8,10H2,1H3,(H,25,26,27);1-2H3. The number of anilines is 1. The minimum atomic E-state index is -2.89. The maximum absolute atomic E-state index is 14.4. The molecule has 0 aliphatic carbocycles. The third kappa shape index (κ3) is 4.82. The van der Waals surface area contributed by atoms with Crippen molar-refractivity contribution in [3.8, 4) is 0 Å². The molecule has 3 aromatic rings. The maximum Gasteiger partial charge on any atom is 0.266 e. The van der Waals surface area contributed by atoms with E-state index in [-0.39, 0.29) is 17.7 Å². The van der Waals surface area contributed by atoms with E-state index in [4.69, 9.17) is 0 Å². The summed E-state index contributed by atoms with van der Waals surface area (Å²) in [5.74, 6) is 1.27. The molecule has 0 unspecified atom stereocenters. The normalized spacial score (nSPS) is 13.5. The Kier molecular flexibility index (Phi) is 7.95. The molecule has 0 amide bonds. The molecule has 4 rings (SSSR count). The van der Waals surface area contributed by atoms with Gasteiger partial charge in [0.1, 0.15) is 23.6 Å². The smallest absolute Gasteiger partial charge is 0.266 e. The molecule has 0 saturated heterocycles. The van der Waals surface area contributed by atoms with Gasteiger partial charge in [-0.05, 0) is 23.8 Å². The first-order valence-electron chi connectivity index (χ1n) is 10.4. The molecule has 0 saturated carbocycles. The van der Waals surface area contributed by atoms with Crippen molar-refractivity contribution in [2.75, 3.05) is 16.8 Å². The Morgan fingerprint density at radius 3 is 2.72 bits per heavy atom. The Morgan fingerprint density at radius 2 is 2.03 bits per heavy atom. The molecule has 0 spiro atoms. The maximum atomic E-state index is 14.4. The van der Waals surface area contributed by atoms with E-state index in [9.17, 15) is 18.0 Å². The molecule has 1 aromatic carbocycles. The van der Waals surface area contributed by atoms with E-state index in [2.05, 4.69) is 21.4 Å². The summed E-state index contributed by atoms with van der Waals surface area (Å²) >= 11 is 1.81. The number of fused-ring (bicyclic) bond motifs is 1. The van der Waals surface area contributed by atoms with Crippen LogP contribution < -0.4 is 10.9 Å². The number of nitrogens with zero attached hydrogens (tertiary/aromatic N) is 3. The second kappa shape index (κ2) is 10.7. The number of pyridine rings is 1. The van der Waals surface area contributed by atoms with Gasteiger partial charge in [-0.15, -0.1) is 0 Å². The van der Waals surface area contributed by atoms with Gasteiger partial charge in [-0.1, -0.05) is 38.1 Å². The molecular formula is C23H25F3N4OS. The lowest BCUT2D eigenvalue weighted by Gasteiger charge is -2.16. The molecule has 3 heterocycles. The second-order valence-corrected chi connectivity index (χ2v) is 8.06. The van der Waals surface area contributed by atoms with Gasteiger partial charge >= 0.3 is 0 Å². The van der Waals surface area contributed by atoms with Crippen LogP contribution in [0.25, 0.3) is 16.6 Å². The fraction of sp³-hybridized carbons (Fsp3) is 0.348. The molecular weight excluding hydrogens is 437 g/mol. The number of hydrogen-bond donors (Lipinski definition) is 1. The Hall–Kier alpha value is -2.81. The van der Waals surface area contributed by atoms with Gasteiger partial charge in [-0.2, -0.15) is 11.8 Å². The molecule has 5 nitrogen and oxygen atoms in total. The van der Waals surface area contributed by atoms with E-state index in [1.54, 1.807) is 13.1 Å². The van der Waals surface area contributed by atoms with Crippen LogP contribution in [0, 0.1) is 5.82 Å². The minimum absolute atomic E-state index is 0.0317. The molecule has 0 bridgehead atoms. The SMILES string of the molecule is CC.Cn1c(=O)c(C2=CCSCC2)cc2c(NCc3cccc(C(F)F)c3F)ncnc21. The zero-order valence-electron chi connectivity index (χ0n) is 18.2. The number of hydrogen-bond acceptors (Lipinski definition) is 5. The monoisotopic (exact) mass is 462 g/mol. The zero-order valence-corrected chi connectivity index (χ0v) is 19.0. The lowest BCUT2D eigenvalue weighted by Crippen LogP contribution is -2.23. The molecule has 0 fully saturated rings. The predicted molar refractivity (Wildman–Crippen MR) is 125 cm³/mol. The summed E-state index contributed by atoms with van der Waals surface area (Å²) in [7, 11) is 1.65. The summed E-state index contributed by atoms with van der Waals surface area (Å²) < 4.78 is 41.8. The van der Waals surface area contributed by atoms with E-state index in [1.807, 2.05) is 25.6 Å². The second-order valence-electron chi connectivity index (χ2n) is 6.91. The molecule has 1 aliphatic rings. The quantitative estimate of drug-likeness (QED) is 0.538. The number of aryl methyl sites for hydroxylation is 1. The Morgan fingerprint density at radius 1 is 1.25 bits per heavy atom. The van der Waals surface area contributed by atoms with Crippen molar-refractivity contribution in [3.05, 3.63) is 69.5 Å². The topological polar surface area (TPSA) is 59.8 Å². The first-order valence-corrected chi connectivity index (χ1v) is 11.5. The molecule has 1 N–H and O–H groups in total. The van der Waals surface area contributed by atoms with E-state index < -0.39 is 17.8 Å². The number of nitrogens with one attached hydrogen (secondary N) is 1. The van der Waals surface area contributed by atoms with E-state index in [1.165, 1.54) is 23.0 Å². The van der Waals surface area contributed by atoms with Gasteiger partial charge in [-0.3, -0.25) is 9.36 Å². The number of alkyl halides is 2. The summed E-state index contributed by atoms with van der Waals surface area (Å²) in [6.45, 7) is 3.97. The summed E-state index contributed by atoms with van der Waals surface area (Å²) in [6, 6.07) is 5.67. The van der Waals surface area contributed by atoms with Crippen LogP contribution in [-0.2, 0) is 13.6 Å². The molecule has 9 heteroatoms. The number of thioether (sulfide) groups is 1. The highest BCUT2D eigenvalue weighted by molar-refractivity contribution is 7.99. The minimum Gasteiger partial charge on any atom is -0.365 e. The number of halogens is 3. The molecule has 0 radical (unpaired) electrons. The van der Waals surface area contributed by atoms with Crippen molar-refractivity contribution in [3.63, 3.8) is 0 Å². The third-order valence-corrected chi connectivity index (χ3v) is 6.00. The van der Waals surface area contributed by atoms with Crippen molar-refractivity contribution in [1.29, 1.82) is 0 Å². The first kappa shape index (κ1) is 23.8. The highest BCUT2D eigenvalue weighted by atomic mass is 32.2. The molecule has 170 valence electrons. The van der Waals surface area contributed by atoms with E-state index in [0.717, 1.165) is 29.6 Å². The number of benzene rings is 1.